The minimum atomic E-state index is -1.73. The van der Waals surface area contributed by atoms with Crippen LogP contribution in [0.5, 0.6) is 46.0 Å². The number of fused-ring (bicyclic) bond motifs is 12. The Labute approximate surface area is 451 Å². The molecule has 4 aliphatic heterocycles. The molecule has 0 amide bonds. The number of carbonyl (C=O) groups excluding carboxylic acids is 2. The molecule has 4 heterocycles. The molecule has 412 valence electrons. The SMILES string of the molecule is O=C(O)CCCc1cc2c(cc1O)Oc1cc(O)c(CCCC(=O)O)cc1C21OC(=O)c2cc(C(=O)O)ccc21.O=C(O)CCCc1cc2c(cc1O)Oc1cc(O)c(CCCC(=O)O)cc1C21OC(=O)c2ccc(C(=O)O)cc21. The fourth-order valence-corrected chi connectivity index (χ4v) is 10.5. The molecule has 0 saturated carbocycles. The third kappa shape index (κ3) is 10.0. The fourth-order valence-electron chi connectivity index (χ4n) is 10.5. The second-order valence-corrected chi connectivity index (χ2v) is 19.4. The van der Waals surface area contributed by atoms with Gasteiger partial charge < -0.3 is 70.0 Å². The molecule has 0 aliphatic carbocycles. The van der Waals surface area contributed by atoms with Crippen LogP contribution in [-0.4, -0.2) is 98.8 Å². The molecule has 10 N–H and O–H groups in total. The molecule has 2 spiro atoms. The van der Waals surface area contributed by atoms with Gasteiger partial charge in [-0.25, -0.2) is 19.2 Å². The van der Waals surface area contributed by atoms with E-state index >= 15 is 0 Å². The van der Waals surface area contributed by atoms with Gasteiger partial charge >= 0.3 is 47.8 Å². The molecule has 0 radical (unpaired) electrons. The van der Waals surface area contributed by atoms with E-state index < -0.39 is 59.0 Å². The summed E-state index contributed by atoms with van der Waals surface area (Å²) in [7, 11) is 0. The summed E-state index contributed by atoms with van der Waals surface area (Å²) in [6, 6.07) is 19.5. The molecule has 80 heavy (non-hydrogen) atoms. The Hall–Kier alpha value is -10.1. The normalized spacial score (nSPS) is 14.1. The van der Waals surface area contributed by atoms with Gasteiger partial charge in [0, 0.05) is 83.3 Å². The van der Waals surface area contributed by atoms with Crippen molar-refractivity contribution in [3.63, 3.8) is 0 Å². The number of esters is 2. The van der Waals surface area contributed by atoms with Crippen molar-refractivity contribution in [1.82, 2.24) is 0 Å². The first-order chi connectivity index (χ1) is 38.0. The van der Waals surface area contributed by atoms with Crippen molar-refractivity contribution in [2.75, 3.05) is 0 Å². The average Bonchev–Trinajstić information content (AvgIpc) is 3.86. The van der Waals surface area contributed by atoms with Gasteiger partial charge in [-0.3, -0.25) is 19.2 Å². The van der Waals surface area contributed by atoms with E-state index in [-0.39, 0.29) is 162 Å². The quantitative estimate of drug-likeness (QED) is 0.0361. The molecule has 0 atom stereocenters. The van der Waals surface area contributed by atoms with Crippen LogP contribution in [0.25, 0.3) is 0 Å². The Morgan fingerprint density at radius 1 is 0.362 bits per heavy atom. The molecule has 4 aliphatic rings. The van der Waals surface area contributed by atoms with Gasteiger partial charge in [0.1, 0.15) is 46.0 Å². The molecule has 10 rings (SSSR count). The number of aliphatic carboxylic acids is 4. The molecule has 22 nitrogen and oxygen atoms in total. The summed E-state index contributed by atoms with van der Waals surface area (Å²) < 4.78 is 24.2. The molecule has 0 fully saturated rings. The highest BCUT2D eigenvalue weighted by atomic mass is 16.6. The Kier molecular flexibility index (Phi) is 14.6. The largest absolute Gasteiger partial charge is 0.508 e. The number of rotatable bonds is 18. The highest BCUT2D eigenvalue weighted by Crippen LogP contribution is 2.60. The zero-order valence-corrected chi connectivity index (χ0v) is 41.9. The maximum Gasteiger partial charge on any atom is 0.340 e. The van der Waals surface area contributed by atoms with E-state index in [1.807, 2.05) is 0 Å². The minimum absolute atomic E-state index is 0.0136. The first-order valence-electron chi connectivity index (χ1n) is 24.9. The van der Waals surface area contributed by atoms with Gasteiger partial charge in [0.25, 0.3) is 0 Å². The van der Waals surface area contributed by atoms with Gasteiger partial charge in [-0.2, -0.15) is 0 Å². The van der Waals surface area contributed by atoms with Crippen LogP contribution < -0.4 is 9.47 Å². The van der Waals surface area contributed by atoms with Crippen LogP contribution in [0, 0.1) is 0 Å². The smallest absolute Gasteiger partial charge is 0.340 e. The van der Waals surface area contributed by atoms with E-state index in [0.717, 1.165) is 0 Å². The molecular formula is C58H48O22. The van der Waals surface area contributed by atoms with E-state index in [0.29, 0.717) is 38.9 Å². The van der Waals surface area contributed by atoms with Crippen molar-refractivity contribution < 1.29 is 108 Å². The van der Waals surface area contributed by atoms with Crippen molar-refractivity contribution in [1.29, 1.82) is 0 Å². The third-order valence-electron chi connectivity index (χ3n) is 14.3. The number of aromatic carboxylic acids is 2. The number of aryl methyl sites for hydroxylation is 4. The second-order valence-electron chi connectivity index (χ2n) is 19.4. The number of ether oxygens (including phenoxy) is 4. The summed E-state index contributed by atoms with van der Waals surface area (Å²) in [5.41, 5.74) is -0.251. The van der Waals surface area contributed by atoms with Gasteiger partial charge in [0.15, 0.2) is 11.2 Å². The zero-order chi connectivity index (χ0) is 57.5. The lowest BCUT2D eigenvalue weighted by atomic mass is 9.76. The molecule has 22 heteroatoms. The minimum Gasteiger partial charge on any atom is -0.508 e. The summed E-state index contributed by atoms with van der Waals surface area (Å²) in [4.78, 5) is 94.1. The highest BCUT2D eigenvalue weighted by molar-refractivity contribution is 6.01. The first kappa shape index (κ1) is 54.7. The number of phenolic OH excluding ortho intramolecular Hbond substituents is 4. The van der Waals surface area contributed by atoms with Gasteiger partial charge in [0.2, 0.25) is 0 Å². The second kappa shape index (κ2) is 21.4. The van der Waals surface area contributed by atoms with E-state index in [2.05, 4.69) is 0 Å². The van der Waals surface area contributed by atoms with Gasteiger partial charge in [-0.1, -0.05) is 6.07 Å². The average molecular weight is 1100 g/mol. The molecule has 0 saturated heterocycles. The molecule has 0 unspecified atom stereocenters. The maximum atomic E-state index is 13.2. The standard InChI is InChI=1S/2C29H24O11/c30-21-12-23-19(10-14(21)3-1-5-25(32)33)29(18-8-7-16(27(36)37)9-17(18)28(38)40-29)20-11-15(4-2-6-26(34)35)22(31)13-24(20)39-23;30-21-12-23-19(9-14(21)3-1-5-25(32)33)29(18-11-16(27(36)37)7-8-17(18)28(38)40-29)20-10-15(4-2-6-26(34)35)22(31)13-24(20)39-23/h2*7-13,30-31H,1-6H2,(H,32,33)(H,34,35)(H,36,37). The monoisotopic (exact) mass is 1100 g/mol. The molecule has 6 aromatic rings. The number of carboxylic acids is 6. The number of aromatic hydroxyl groups is 4. The van der Waals surface area contributed by atoms with Gasteiger partial charge in [-0.05, 0) is 128 Å². The zero-order valence-electron chi connectivity index (χ0n) is 41.9. The predicted octanol–water partition coefficient (Wildman–Crippen LogP) is 8.36. The molecular weight excluding hydrogens is 1050 g/mol. The Balaban J connectivity index is 0.000000194. The highest BCUT2D eigenvalue weighted by Gasteiger charge is 2.56. The van der Waals surface area contributed by atoms with Gasteiger partial charge in [-0.15, -0.1) is 0 Å². The lowest BCUT2D eigenvalue weighted by molar-refractivity contribution is -0.138. The summed E-state index contributed by atoms with van der Waals surface area (Å²) >= 11 is 0. The summed E-state index contributed by atoms with van der Waals surface area (Å²) in [6.45, 7) is 0. The number of phenols is 4. The lowest BCUT2D eigenvalue weighted by Crippen LogP contribution is -2.33. The fraction of sp³-hybridized carbons (Fsp3) is 0.241. The van der Waals surface area contributed by atoms with Crippen molar-refractivity contribution in [3.05, 3.63) is 163 Å². The van der Waals surface area contributed by atoms with E-state index in [1.54, 1.807) is 24.3 Å². The first-order valence-corrected chi connectivity index (χ1v) is 24.9. The van der Waals surface area contributed by atoms with E-state index in [1.165, 1.54) is 60.7 Å². The van der Waals surface area contributed by atoms with Crippen molar-refractivity contribution in [2.24, 2.45) is 0 Å². The van der Waals surface area contributed by atoms with Crippen LogP contribution in [-0.2, 0) is 65.5 Å². The van der Waals surface area contributed by atoms with Crippen LogP contribution in [0.4, 0.5) is 0 Å². The summed E-state index contributed by atoms with van der Waals surface area (Å²) in [5, 5.41) is 98.1. The number of hydrogen-bond acceptors (Lipinski definition) is 16. The van der Waals surface area contributed by atoms with E-state index in [4.69, 9.17) is 39.4 Å². The lowest BCUT2D eigenvalue weighted by Gasteiger charge is -2.37. The number of carbonyl (C=O) groups is 8. The third-order valence-corrected chi connectivity index (χ3v) is 14.3. The van der Waals surface area contributed by atoms with Crippen LogP contribution in [0.15, 0.2) is 84.9 Å². The number of hydrogen-bond donors (Lipinski definition) is 10. The Morgan fingerprint density at radius 2 is 0.675 bits per heavy atom. The van der Waals surface area contributed by atoms with Crippen LogP contribution in [0.1, 0.15) is 148 Å². The van der Waals surface area contributed by atoms with Crippen molar-refractivity contribution in [3.8, 4) is 46.0 Å². The van der Waals surface area contributed by atoms with Crippen LogP contribution >= 0.6 is 0 Å². The number of carboxylic acid groups (broad SMARTS) is 6. The molecule has 0 aromatic heterocycles. The van der Waals surface area contributed by atoms with Crippen molar-refractivity contribution in [2.45, 2.75) is 88.3 Å². The summed E-state index contributed by atoms with van der Waals surface area (Å²) in [5.74, 6) is -8.24. The predicted molar refractivity (Wildman–Crippen MR) is 272 cm³/mol. The van der Waals surface area contributed by atoms with Crippen molar-refractivity contribution >= 4 is 47.8 Å². The van der Waals surface area contributed by atoms with E-state index in [9.17, 15) is 69.0 Å². The topological polar surface area (TPSA) is 376 Å². The Morgan fingerprint density at radius 3 is 1.01 bits per heavy atom. The molecule has 0 bridgehead atoms. The summed E-state index contributed by atoms with van der Waals surface area (Å²) in [6.07, 6.45) is 1.11. The molecule has 6 aromatic carbocycles. The number of benzene rings is 6. The van der Waals surface area contributed by atoms with Crippen LogP contribution in [0.2, 0.25) is 0 Å². The maximum absolute atomic E-state index is 13.2. The van der Waals surface area contributed by atoms with Crippen LogP contribution in [0.3, 0.4) is 0 Å². The Bertz CT molecular complexity index is 3500. The van der Waals surface area contributed by atoms with Gasteiger partial charge in [0.05, 0.1) is 22.3 Å².